The van der Waals surface area contributed by atoms with Gasteiger partial charge in [-0.3, -0.25) is 19.2 Å². The topological polar surface area (TPSA) is 144 Å². The van der Waals surface area contributed by atoms with E-state index in [1.54, 1.807) is 43.2 Å². The minimum absolute atomic E-state index is 0.0211. The van der Waals surface area contributed by atoms with Crippen molar-refractivity contribution in [1.82, 2.24) is 19.8 Å². The van der Waals surface area contributed by atoms with E-state index >= 15 is 0 Å². The summed E-state index contributed by atoms with van der Waals surface area (Å²) in [6.45, 7) is 4.88. The van der Waals surface area contributed by atoms with Crippen molar-refractivity contribution in [1.29, 1.82) is 0 Å². The van der Waals surface area contributed by atoms with E-state index in [1.165, 1.54) is 7.11 Å². The summed E-state index contributed by atoms with van der Waals surface area (Å²) in [6, 6.07) is 11.8. The van der Waals surface area contributed by atoms with Gasteiger partial charge in [0.25, 0.3) is 5.91 Å². The molecule has 6 rings (SSSR count). The molecule has 260 valence electrons. The molecule has 14 heteroatoms. The van der Waals surface area contributed by atoms with Crippen LogP contribution in [0.15, 0.2) is 42.5 Å². The van der Waals surface area contributed by atoms with Crippen LogP contribution in [0.3, 0.4) is 0 Å². The zero-order valence-corrected chi connectivity index (χ0v) is 28.9. The lowest BCUT2D eigenvalue weighted by molar-refractivity contribution is -0.141. The Bertz CT molecular complexity index is 1690. The number of benzene rings is 2. The monoisotopic (exact) mass is 690 g/mol. The molecule has 2 aromatic carbocycles. The van der Waals surface area contributed by atoms with Gasteiger partial charge in [-0.15, -0.1) is 0 Å². The quantitative estimate of drug-likeness (QED) is 0.333. The number of anilines is 2. The van der Waals surface area contributed by atoms with E-state index in [-0.39, 0.29) is 28.9 Å². The van der Waals surface area contributed by atoms with Crippen molar-refractivity contribution in [3.63, 3.8) is 0 Å². The van der Waals surface area contributed by atoms with Gasteiger partial charge in [0.15, 0.2) is 11.5 Å². The lowest BCUT2D eigenvalue weighted by atomic mass is 10.1. The average molecular weight is 691 g/mol. The van der Waals surface area contributed by atoms with Crippen molar-refractivity contribution in [3.05, 3.63) is 48.0 Å². The van der Waals surface area contributed by atoms with E-state index < -0.39 is 12.0 Å². The van der Waals surface area contributed by atoms with Gasteiger partial charge >= 0.3 is 0 Å². The Hall–Kier alpha value is -4.43. The van der Waals surface area contributed by atoms with Crippen LogP contribution >= 0.6 is 11.8 Å². The predicted molar refractivity (Wildman–Crippen MR) is 186 cm³/mol. The summed E-state index contributed by atoms with van der Waals surface area (Å²) in [6.07, 6.45) is 2.46. The van der Waals surface area contributed by atoms with Crippen molar-refractivity contribution in [2.24, 2.45) is 5.92 Å². The number of nitrogens with one attached hydrogen (secondary N) is 1. The molecule has 3 unspecified atom stereocenters. The van der Waals surface area contributed by atoms with Crippen LogP contribution in [-0.2, 0) is 19.1 Å². The molecular formula is C35H42N6O7S. The van der Waals surface area contributed by atoms with Gasteiger partial charge in [-0.25, -0.2) is 4.98 Å². The fourth-order valence-electron chi connectivity index (χ4n) is 6.50. The summed E-state index contributed by atoms with van der Waals surface area (Å²) in [7, 11) is 3.07. The second-order valence-corrected chi connectivity index (χ2v) is 13.4. The summed E-state index contributed by atoms with van der Waals surface area (Å²) < 4.78 is 16.7. The molecule has 3 saturated heterocycles. The molecule has 0 radical (unpaired) electrons. The van der Waals surface area contributed by atoms with E-state index in [1.807, 2.05) is 28.0 Å². The van der Waals surface area contributed by atoms with E-state index in [9.17, 15) is 19.2 Å². The van der Waals surface area contributed by atoms with Gasteiger partial charge in [-0.2, -0.15) is 4.98 Å². The van der Waals surface area contributed by atoms with Crippen molar-refractivity contribution >= 4 is 57.3 Å². The molecule has 49 heavy (non-hydrogen) atoms. The van der Waals surface area contributed by atoms with Gasteiger partial charge in [0.1, 0.15) is 18.0 Å². The highest BCUT2D eigenvalue weighted by Gasteiger charge is 2.37. The first-order valence-corrected chi connectivity index (χ1v) is 17.7. The third kappa shape index (κ3) is 7.59. The number of hydrogen-bond donors (Lipinski definition) is 1. The molecule has 0 aliphatic carbocycles. The zero-order chi connectivity index (χ0) is 34.5. The Labute approximate surface area is 289 Å². The van der Waals surface area contributed by atoms with E-state index in [2.05, 4.69) is 5.32 Å². The Morgan fingerprint density at radius 3 is 2.39 bits per heavy atom. The number of amides is 3. The van der Waals surface area contributed by atoms with Crippen LogP contribution < -0.4 is 19.7 Å². The Kier molecular flexibility index (Phi) is 10.8. The normalized spacial score (nSPS) is 19.9. The largest absolute Gasteiger partial charge is 0.493 e. The fourth-order valence-corrected chi connectivity index (χ4v) is 7.35. The number of carbonyl (C=O) groups is 4. The first-order chi connectivity index (χ1) is 23.8. The lowest BCUT2D eigenvalue weighted by Crippen LogP contribution is -2.51. The van der Waals surface area contributed by atoms with E-state index in [0.717, 1.165) is 24.6 Å². The number of aromatic nitrogens is 2. The summed E-state index contributed by atoms with van der Waals surface area (Å²) in [4.78, 5) is 68.1. The Morgan fingerprint density at radius 2 is 1.69 bits per heavy atom. The van der Waals surface area contributed by atoms with Crippen LogP contribution in [0.5, 0.6) is 11.5 Å². The molecule has 13 nitrogen and oxygen atoms in total. The molecule has 0 saturated carbocycles. The molecule has 3 aromatic rings. The van der Waals surface area contributed by atoms with Crippen molar-refractivity contribution in [3.8, 4) is 11.5 Å². The minimum Gasteiger partial charge on any atom is -0.493 e. The Balaban J connectivity index is 1.18. The maximum Gasteiger partial charge on any atom is 0.251 e. The molecule has 0 bridgehead atoms. The highest BCUT2D eigenvalue weighted by molar-refractivity contribution is 8.14. The number of piperazine rings is 1. The maximum atomic E-state index is 13.9. The zero-order valence-electron chi connectivity index (χ0n) is 28.1. The van der Waals surface area contributed by atoms with Crippen molar-refractivity contribution in [2.45, 2.75) is 44.8 Å². The van der Waals surface area contributed by atoms with E-state index in [4.69, 9.17) is 24.2 Å². The van der Waals surface area contributed by atoms with Crippen LogP contribution in [0.1, 0.15) is 43.0 Å². The molecule has 4 heterocycles. The Morgan fingerprint density at radius 1 is 0.959 bits per heavy atom. The average Bonchev–Trinajstić information content (AvgIpc) is 3.86. The third-order valence-corrected chi connectivity index (χ3v) is 10.4. The number of hydrogen-bond acceptors (Lipinski definition) is 11. The van der Waals surface area contributed by atoms with Gasteiger partial charge in [0.05, 0.1) is 19.7 Å². The second-order valence-electron chi connectivity index (χ2n) is 12.5. The smallest absolute Gasteiger partial charge is 0.251 e. The van der Waals surface area contributed by atoms with Crippen LogP contribution in [0, 0.1) is 5.92 Å². The summed E-state index contributed by atoms with van der Waals surface area (Å²) in [5, 5.41) is 3.47. The summed E-state index contributed by atoms with van der Waals surface area (Å²) in [5.41, 5.74) is 1.13. The molecule has 3 aliphatic heterocycles. The first-order valence-electron chi connectivity index (χ1n) is 16.7. The number of ether oxygens (including phenoxy) is 3. The molecule has 3 fully saturated rings. The maximum absolute atomic E-state index is 13.9. The first kappa shape index (κ1) is 34.4. The number of fused-ring (bicyclic) bond motifs is 1. The summed E-state index contributed by atoms with van der Waals surface area (Å²) in [5.74, 6) is 0.997. The molecule has 1 aromatic heterocycles. The molecule has 3 atom stereocenters. The molecule has 3 amide bonds. The second kappa shape index (κ2) is 15.4. The molecule has 3 aliphatic rings. The number of thioether (sulfide) groups is 1. The lowest BCUT2D eigenvalue weighted by Gasteiger charge is -2.36. The highest BCUT2D eigenvalue weighted by Crippen LogP contribution is 2.36. The van der Waals surface area contributed by atoms with Crippen LogP contribution in [-0.4, -0.2) is 114 Å². The van der Waals surface area contributed by atoms with Crippen LogP contribution in [0.25, 0.3) is 10.9 Å². The molecule has 1 N–H and O–H groups in total. The highest BCUT2D eigenvalue weighted by atomic mass is 32.2. The van der Waals surface area contributed by atoms with Gasteiger partial charge in [0, 0.05) is 68.0 Å². The summed E-state index contributed by atoms with van der Waals surface area (Å²) >= 11 is 1.11. The number of likely N-dealkylation sites (tertiary alicyclic amines) is 1. The van der Waals surface area contributed by atoms with Crippen molar-refractivity contribution < 1.29 is 33.4 Å². The van der Waals surface area contributed by atoms with Crippen LogP contribution in [0.2, 0.25) is 0 Å². The minimum atomic E-state index is -0.689. The van der Waals surface area contributed by atoms with E-state index in [0.29, 0.717) is 97.7 Å². The standard InChI is InChI=1S/C35H42N6O7S/c1-22(21-49-34(45)23-9-5-4-6-10-23)32(43)41-13-7-11-26(41)31(42)37-30-24-19-28(46-2)29(47-3)20-25(24)36-35(38-30)40-16-14-39(15-17-40)33(44)27-12-8-18-48-27/h4-6,9-10,19-20,22,26-27H,7-8,11-18,21H2,1-3H3,(H,36,37,38,42). The fraction of sp³-hybridized carbons (Fsp3) is 0.486. The SMILES string of the molecule is COc1cc2nc(N3CCN(C(=O)C4CCCO4)CC3)nc(NC(=O)C3CCCN3C(=O)C(C)CSC(=O)c3ccccc3)c2cc1OC. The number of rotatable bonds is 10. The molecular weight excluding hydrogens is 648 g/mol. The third-order valence-electron chi connectivity index (χ3n) is 9.24. The van der Waals surface area contributed by atoms with Gasteiger partial charge in [0.2, 0.25) is 22.9 Å². The van der Waals surface area contributed by atoms with Crippen LogP contribution in [0.4, 0.5) is 11.8 Å². The van der Waals surface area contributed by atoms with Crippen molar-refractivity contribution in [2.75, 3.05) is 69.5 Å². The van der Waals surface area contributed by atoms with Gasteiger partial charge in [-0.05, 0) is 31.7 Å². The number of carbonyl (C=O) groups excluding carboxylic acids is 4. The molecule has 0 spiro atoms. The number of methoxy groups -OCH3 is 2. The van der Waals surface area contributed by atoms with Gasteiger partial charge in [-0.1, -0.05) is 49.0 Å². The van der Waals surface area contributed by atoms with Gasteiger partial charge < -0.3 is 34.2 Å². The predicted octanol–water partition coefficient (Wildman–Crippen LogP) is 3.61. The number of nitrogens with zero attached hydrogens (tertiary/aromatic N) is 5.